The quantitative estimate of drug-likeness (QED) is 0.880. The van der Waals surface area contributed by atoms with Crippen LogP contribution in [-0.4, -0.2) is 14.2 Å². The molecule has 1 fully saturated rings. The Morgan fingerprint density at radius 1 is 1.10 bits per heavy atom. The summed E-state index contributed by atoms with van der Waals surface area (Å²) in [6.45, 7) is 2.37. The number of rotatable bonds is 5. The fourth-order valence-electron chi connectivity index (χ4n) is 3.34. The predicted octanol–water partition coefficient (Wildman–Crippen LogP) is 4.16. The molecule has 0 amide bonds. The lowest BCUT2D eigenvalue weighted by Crippen LogP contribution is -2.25. The minimum Gasteiger partial charge on any atom is -0.496 e. The van der Waals surface area contributed by atoms with Crippen molar-refractivity contribution < 1.29 is 4.74 Å². The van der Waals surface area contributed by atoms with E-state index in [0.717, 1.165) is 11.7 Å². The van der Waals surface area contributed by atoms with E-state index in [0.29, 0.717) is 12.0 Å². The molecule has 1 saturated carbocycles. The molecule has 106 valence electrons. The minimum atomic E-state index is 0.415. The molecule has 0 aromatic heterocycles. The first-order chi connectivity index (χ1) is 9.76. The first kappa shape index (κ1) is 13.4. The summed E-state index contributed by atoms with van der Waals surface area (Å²) in [6.07, 6.45) is 2.76. The van der Waals surface area contributed by atoms with Crippen molar-refractivity contribution in [3.63, 3.8) is 0 Å². The molecule has 2 aromatic rings. The maximum Gasteiger partial charge on any atom is 0.126 e. The number of fused-ring (bicyclic) bond motifs is 1. The lowest BCUT2D eigenvalue weighted by atomic mass is 9.87. The summed E-state index contributed by atoms with van der Waals surface area (Å²) in [5, 5.41) is 6.04. The molecule has 0 radical (unpaired) electrons. The Bertz CT molecular complexity index is 603. The minimum absolute atomic E-state index is 0.415. The van der Waals surface area contributed by atoms with E-state index in [1.807, 2.05) is 0 Å². The molecule has 2 nitrogen and oxygen atoms in total. The molecule has 3 rings (SSSR count). The highest BCUT2D eigenvalue weighted by Crippen LogP contribution is 2.44. The Hall–Kier alpha value is -1.54. The zero-order chi connectivity index (χ0) is 14.1. The largest absolute Gasteiger partial charge is 0.496 e. The summed E-state index contributed by atoms with van der Waals surface area (Å²) >= 11 is 0. The fraction of sp³-hybridized carbons (Fsp3) is 0.444. The molecule has 0 bridgehead atoms. The van der Waals surface area contributed by atoms with Crippen LogP contribution in [0, 0.1) is 11.8 Å². The molecule has 0 heterocycles. The topological polar surface area (TPSA) is 21.3 Å². The third kappa shape index (κ3) is 2.29. The number of hydrogen-bond acceptors (Lipinski definition) is 2. The molecule has 2 atom stereocenters. The van der Waals surface area contributed by atoms with Crippen LogP contribution in [0.5, 0.6) is 5.75 Å². The van der Waals surface area contributed by atoms with Crippen LogP contribution in [0.3, 0.4) is 0 Å². The molecule has 0 saturated heterocycles. The van der Waals surface area contributed by atoms with Gasteiger partial charge in [0.1, 0.15) is 5.75 Å². The normalized spacial score (nSPS) is 17.9. The van der Waals surface area contributed by atoms with E-state index in [1.165, 1.54) is 29.2 Å². The van der Waals surface area contributed by atoms with Gasteiger partial charge in [0.25, 0.3) is 0 Å². The molecular formula is C18H23NO. The van der Waals surface area contributed by atoms with Gasteiger partial charge in [0.15, 0.2) is 0 Å². The standard InChI is InChI=1S/C18H23NO/c1-12(13-8-9-13)18(19-2)16-10-11-17(20-3)15-7-5-4-6-14(15)16/h4-7,10-13,18-19H,8-9H2,1-3H3. The van der Waals surface area contributed by atoms with Gasteiger partial charge in [-0.2, -0.15) is 0 Å². The molecule has 2 aromatic carbocycles. The predicted molar refractivity (Wildman–Crippen MR) is 84.2 cm³/mol. The van der Waals surface area contributed by atoms with Gasteiger partial charge in [0.2, 0.25) is 0 Å². The van der Waals surface area contributed by atoms with Crippen LogP contribution in [0.25, 0.3) is 10.8 Å². The first-order valence-corrected chi connectivity index (χ1v) is 7.49. The van der Waals surface area contributed by atoms with Crippen molar-refractivity contribution in [2.75, 3.05) is 14.2 Å². The molecule has 0 spiro atoms. The van der Waals surface area contributed by atoms with Gasteiger partial charge in [-0.3, -0.25) is 0 Å². The average Bonchev–Trinajstić information content (AvgIpc) is 3.32. The third-order valence-corrected chi connectivity index (χ3v) is 4.68. The maximum atomic E-state index is 5.50. The lowest BCUT2D eigenvalue weighted by molar-refractivity contribution is 0.370. The van der Waals surface area contributed by atoms with E-state index in [-0.39, 0.29) is 0 Å². The van der Waals surface area contributed by atoms with Gasteiger partial charge < -0.3 is 10.1 Å². The van der Waals surface area contributed by atoms with Crippen molar-refractivity contribution in [1.29, 1.82) is 0 Å². The van der Waals surface area contributed by atoms with Crippen molar-refractivity contribution in [1.82, 2.24) is 5.32 Å². The Labute approximate surface area is 121 Å². The Morgan fingerprint density at radius 3 is 2.40 bits per heavy atom. The fourth-order valence-corrected chi connectivity index (χ4v) is 3.34. The molecule has 2 unspecified atom stereocenters. The summed E-state index contributed by atoms with van der Waals surface area (Å²) in [4.78, 5) is 0. The second-order valence-electron chi connectivity index (χ2n) is 5.87. The number of ether oxygens (including phenoxy) is 1. The number of methoxy groups -OCH3 is 1. The van der Waals surface area contributed by atoms with E-state index in [2.05, 4.69) is 55.7 Å². The number of benzene rings is 2. The van der Waals surface area contributed by atoms with Crippen LogP contribution >= 0.6 is 0 Å². The molecule has 1 N–H and O–H groups in total. The van der Waals surface area contributed by atoms with Crippen molar-refractivity contribution in [2.24, 2.45) is 11.8 Å². The van der Waals surface area contributed by atoms with Crippen LogP contribution < -0.4 is 10.1 Å². The van der Waals surface area contributed by atoms with Gasteiger partial charge >= 0.3 is 0 Å². The highest BCUT2D eigenvalue weighted by molar-refractivity contribution is 5.91. The molecule has 20 heavy (non-hydrogen) atoms. The molecular weight excluding hydrogens is 246 g/mol. The van der Waals surface area contributed by atoms with Crippen LogP contribution in [0.4, 0.5) is 0 Å². The Kier molecular flexibility index (Phi) is 3.66. The molecule has 2 heteroatoms. The van der Waals surface area contributed by atoms with Gasteiger partial charge in [-0.1, -0.05) is 37.3 Å². The van der Waals surface area contributed by atoms with Gasteiger partial charge in [-0.05, 0) is 48.7 Å². The summed E-state index contributed by atoms with van der Waals surface area (Å²) in [7, 11) is 3.81. The third-order valence-electron chi connectivity index (χ3n) is 4.68. The Balaban J connectivity index is 2.10. The first-order valence-electron chi connectivity index (χ1n) is 7.49. The van der Waals surface area contributed by atoms with Gasteiger partial charge in [-0.25, -0.2) is 0 Å². The van der Waals surface area contributed by atoms with E-state index < -0.39 is 0 Å². The molecule has 1 aliphatic rings. The van der Waals surface area contributed by atoms with Crippen molar-refractivity contribution in [3.05, 3.63) is 42.0 Å². The zero-order valence-corrected chi connectivity index (χ0v) is 12.5. The highest BCUT2D eigenvalue weighted by Gasteiger charge is 2.34. The van der Waals surface area contributed by atoms with Crippen LogP contribution in [0.2, 0.25) is 0 Å². The van der Waals surface area contributed by atoms with E-state index in [4.69, 9.17) is 4.74 Å². The second kappa shape index (κ2) is 5.45. The van der Waals surface area contributed by atoms with Crippen molar-refractivity contribution in [3.8, 4) is 5.75 Å². The second-order valence-corrected chi connectivity index (χ2v) is 5.87. The summed E-state index contributed by atoms with van der Waals surface area (Å²) in [6, 6.07) is 13.3. The summed E-state index contributed by atoms with van der Waals surface area (Å²) in [5.74, 6) is 2.52. The van der Waals surface area contributed by atoms with Crippen LogP contribution in [-0.2, 0) is 0 Å². The van der Waals surface area contributed by atoms with E-state index in [9.17, 15) is 0 Å². The van der Waals surface area contributed by atoms with Gasteiger partial charge in [0.05, 0.1) is 7.11 Å². The van der Waals surface area contributed by atoms with E-state index >= 15 is 0 Å². The zero-order valence-electron chi connectivity index (χ0n) is 12.5. The number of hydrogen-bond donors (Lipinski definition) is 1. The highest BCUT2D eigenvalue weighted by atomic mass is 16.5. The maximum absolute atomic E-state index is 5.50. The smallest absolute Gasteiger partial charge is 0.126 e. The summed E-state index contributed by atoms with van der Waals surface area (Å²) in [5.41, 5.74) is 1.39. The van der Waals surface area contributed by atoms with Crippen LogP contribution in [0.1, 0.15) is 31.4 Å². The Morgan fingerprint density at radius 2 is 1.80 bits per heavy atom. The number of nitrogens with one attached hydrogen (secondary N) is 1. The monoisotopic (exact) mass is 269 g/mol. The lowest BCUT2D eigenvalue weighted by Gasteiger charge is -2.25. The van der Waals surface area contributed by atoms with Gasteiger partial charge in [-0.15, -0.1) is 0 Å². The molecule has 1 aliphatic carbocycles. The van der Waals surface area contributed by atoms with Crippen molar-refractivity contribution in [2.45, 2.75) is 25.8 Å². The van der Waals surface area contributed by atoms with Gasteiger partial charge in [0, 0.05) is 11.4 Å². The molecule has 0 aliphatic heterocycles. The van der Waals surface area contributed by atoms with Crippen LogP contribution in [0.15, 0.2) is 36.4 Å². The average molecular weight is 269 g/mol. The van der Waals surface area contributed by atoms with Crippen molar-refractivity contribution >= 4 is 10.8 Å². The van der Waals surface area contributed by atoms with E-state index in [1.54, 1.807) is 7.11 Å². The summed E-state index contributed by atoms with van der Waals surface area (Å²) < 4.78 is 5.50. The SMILES string of the molecule is CNC(c1ccc(OC)c2ccccc12)C(C)C1CC1.